The summed E-state index contributed by atoms with van der Waals surface area (Å²) in [5, 5.41) is 0. The van der Waals surface area contributed by atoms with Crippen molar-refractivity contribution in [2.75, 3.05) is 7.11 Å². The normalized spacial score (nSPS) is 12.2. The first-order chi connectivity index (χ1) is 8.61. The van der Waals surface area contributed by atoms with E-state index in [1.807, 2.05) is 12.1 Å². The number of benzene rings is 2. The highest BCUT2D eigenvalue weighted by Crippen LogP contribution is 2.37. The lowest BCUT2D eigenvalue weighted by molar-refractivity contribution is 0.414. The molecule has 2 aromatic rings. The van der Waals surface area contributed by atoms with E-state index >= 15 is 0 Å². The molecular formula is C14H11Br2IO. The van der Waals surface area contributed by atoms with Crippen LogP contribution in [0.5, 0.6) is 5.75 Å². The molecule has 1 atom stereocenters. The van der Waals surface area contributed by atoms with Gasteiger partial charge in [-0.2, -0.15) is 0 Å². The van der Waals surface area contributed by atoms with Gasteiger partial charge in [0.25, 0.3) is 0 Å². The smallest absolute Gasteiger partial charge is 0.120 e. The molecule has 0 aliphatic carbocycles. The third-order valence-corrected chi connectivity index (χ3v) is 5.00. The standard InChI is InChI=1S/C14H11Br2IO/c1-18-11-5-6-12(13(15)8-11)14(16)9-3-2-4-10(17)7-9/h2-8,14H,1H3. The van der Waals surface area contributed by atoms with Crippen molar-refractivity contribution < 1.29 is 4.74 Å². The van der Waals surface area contributed by atoms with Crippen LogP contribution in [0.25, 0.3) is 0 Å². The van der Waals surface area contributed by atoms with Crippen LogP contribution in [0.4, 0.5) is 0 Å². The van der Waals surface area contributed by atoms with Crippen molar-refractivity contribution in [3.05, 3.63) is 61.6 Å². The number of methoxy groups -OCH3 is 1. The molecule has 0 aromatic heterocycles. The molecule has 0 N–H and O–H groups in total. The second-order valence-corrected chi connectivity index (χ2v) is 6.82. The van der Waals surface area contributed by atoms with Crippen molar-refractivity contribution in [1.82, 2.24) is 0 Å². The van der Waals surface area contributed by atoms with Crippen LogP contribution >= 0.6 is 54.5 Å². The van der Waals surface area contributed by atoms with Gasteiger partial charge in [0.05, 0.1) is 11.9 Å². The average Bonchev–Trinajstić information content (AvgIpc) is 2.37. The van der Waals surface area contributed by atoms with Crippen LogP contribution in [0.15, 0.2) is 46.9 Å². The maximum Gasteiger partial charge on any atom is 0.120 e. The Kier molecular flexibility index (Phi) is 5.09. The van der Waals surface area contributed by atoms with Gasteiger partial charge in [0, 0.05) is 8.04 Å². The topological polar surface area (TPSA) is 9.23 Å². The fraction of sp³-hybridized carbons (Fsp3) is 0.143. The molecule has 0 heterocycles. The molecule has 0 saturated heterocycles. The van der Waals surface area contributed by atoms with Crippen LogP contribution in [0, 0.1) is 3.57 Å². The number of hydrogen-bond acceptors (Lipinski definition) is 1. The lowest BCUT2D eigenvalue weighted by atomic mass is 10.0. The maximum absolute atomic E-state index is 5.21. The molecule has 4 heteroatoms. The van der Waals surface area contributed by atoms with Crippen molar-refractivity contribution in [3.63, 3.8) is 0 Å². The zero-order chi connectivity index (χ0) is 13.1. The minimum absolute atomic E-state index is 0.174. The Bertz CT molecular complexity index is 557. The lowest BCUT2D eigenvalue weighted by Crippen LogP contribution is -1.95. The second-order valence-electron chi connectivity index (χ2n) is 3.81. The summed E-state index contributed by atoms with van der Waals surface area (Å²) >= 11 is 9.67. The van der Waals surface area contributed by atoms with Crippen LogP contribution in [0.2, 0.25) is 0 Å². The maximum atomic E-state index is 5.21. The molecule has 0 amide bonds. The van der Waals surface area contributed by atoms with Crippen LogP contribution in [-0.4, -0.2) is 7.11 Å². The number of ether oxygens (including phenoxy) is 1. The Morgan fingerprint density at radius 2 is 1.94 bits per heavy atom. The van der Waals surface area contributed by atoms with Crippen LogP contribution in [-0.2, 0) is 0 Å². The molecule has 2 rings (SSSR count). The van der Waals surface area contributed by atoms with Gasteiger partial charge in [-0.3, -0.25) is 0 Å². The SMILES string of the molecule is COc1ccc(C(Br)c2cccc(I)c2)c(Br)c1. The van der Waals surface area contributed by atoms with Gasteiger partial charge < -0.3 is 4.74 Å². The molecule has 0 saturated carbocycles. The van der Waals surface area contributed by atoms with Gasteiger partial charge >= 0.3 is 0 Å². The van der Waals surface area contributed by atoms with Crippen LogP contribution in [0.1, 0.15) is 16.0 Å². The Balaban J connectivity index is 2.37. The van der Waals surface area contributed by atoms with E-state index in [9.17, 15) is 0 Å². The molecule has 1 unspecified atom stereocenters. The molecule has 94 valence electrons. The Labute approximate surface area is 137 Å². The van der Waals surface area contributed by atoms with Crippen molar-refractivity contribution in [3.8, 4) is 5.75 Å². The molecule has 0 spiro atoms. The van der Waals surface area contributed by atoms with Gasteiger partial charge in [0.1, 0.15) is 5.75 Å². The summed E-state index contributed by atoms with van der Waals surface area (Å²) in [7, 11) is 1.67. The molecule has 0 aliphatic heterocycles. The second kappa shape index (κ2) is 6.39. The predicted octanol–water partition coefficient (Wildman–Crippen LogP) is 5.55. The minimum atomic E-state index is 0.174. The zero-order valence-electron chi connectivity index (χ0n) is 9.66. The van der Waals surface area contributed by atoms with Crippen molar-refractivity contribution in [2.45, 2.75) is 4.83 Å². The average molecular weight is 482 g/mol. The summed E-state index contributed by atoms with van der Waals surface area (Å²) < 4.78 is 7.49. The molecule has 0 bridgehead atoms. The van der Waals surface area contributed by atoms with Gasteiger partial charge in [0.15, 0.2) is 0 Å². The van der Waals surface area contributed by atoms with Gasteiger partial charge in [0.2, 0.25) is 0 Å². The highest BCUT2D eigenvalue weighted by atomic mass is 127. The summed E-state index contributed by atoms with van der Waals surface area (Å²) in [6, 6.07) is 14.5. The fourth-order valence-electron chi connectivity index (χ4n) is 1.68. The van der Waals surface area contributed by atoms with Gasteiger partial charge in [-0.05, 0) is 58.0 Å². The van der Waals surface area contributed by atoms with Gasteiger partial charge in [-0.15, -0.1) is 0 Å². The van der Waals surface area contributed by atoms with Crippen LogP contribution in [0.3, 0.4) is 0 Å². The van der Waals surface area contributed by atoms with E-state index < -0.39 is 0 Å². The predicted molar refractivity (Wildman–Crippen MR) is 90.6 cm³/mol. The highest BCUT2D eigenvalue weighted by Gasteiger charge is 2.14. The van der Waals surface area contributed by atoms with Gasteiger partial charge in [-0.25, -0.2) is 0 Å². The molecule has 2 aromatic carbocycles. The zero-order valence-corrected chi connectivity index (χ0v) is 15.0. The van der Waals surface area contributed by atoms with Gasteiger partial charge in [-0.1, -0.05) is 50.1 Å². The number of halogens is 3. The molecule has 0 fully saturated rings. The quantitative estimate of drug-likeness (QED) is 0.413. The Morgan fingerprint density at radius 1 is 1.17 bits per heavy atom. The summed E-state index contributed by atoms with van der Waals surface area (Å²) in [6.45, 7) is 0. The number of rotatable bonds is 3. The molecular weight excluding hydrogens is 471 g/mol. The highest BCUT2D eigenvalue weighted by molar-refractivity contribution is 14.1. The minimum Gasteiger partial charge on any atom is -0.497 e. The summed E-state index contributed by atoms with van der Waals surface area (Å²) in [4.78, 5) is 0.174. The molecule has 0 aliphatic rings. The lowest BCUT2D eigenvalue weighted by Gasteiger charge is -2.14. The van der Waals surface area contributed by atoms with E-state index in [0.29, 0.717) is 0 Å². The first-order valence-electron chi connectivity index (χ1n) is 5.35. The third kappa shape index (κ3) is 3.27. The fourth-order valence-corrected chi connectivity index (χ4v) is 3.83. The summed E-state index contributed by atoms with van der Waals surface area (Å²) in [5.74, 6) is 0.855. The first-order valence-corrected chi connectivity index (χ1v) is 8.13. The molecule has 0 radical (unpaired) electrons. The first kappa shape index (κ1) is 14.3. The van der Waals surface area contributed by atoms with Crippen molar-refractivity contribution in [1.29, 1.82) is 0 Å². The third-order valence-electron chi connectivity index (χ3n) is 2.62. The number of alkyl halides is 1. The van der Waals surface area contributed by atoms with E-state index in [-0.39, 0.29) is 4.83 Å². The van der Waals surface area contributed by atoms with Crippen LogP contribution < -0.4 is 4.74 Å². The molecule has 1 nitrogen and oxygen atoms in total. The van der Waals surface area contributed by atoms with E-state index in [1.54, 1.807) is 7.11 Å². The van der Waals surface area contributed by atoms with E-state index in [2.05, 4.69) is 84.8 Å². The van der Waals surface area contributed by atoms with Crippen molar-refractivity contribution in [2.24, 2.45) is 0 Å². The summed E-state index contributed by atoms with van der Waals surface area (Å²) in [5.41, 5.74) is 2.44. The van der Waals surface area contributed by atoms with E-state index in [1.165, 1.54) is 14.7 Å². The summed E-state index contributed by atoms with van der Waals surface area (Å²) in [6.07, 6.45) is 0. The van der Waals surface area contributed by atoms with Crippen molar-refractivity contribution >= 4 is 54.5 Å². The number of hydrogen-bond donors (Lipinski definition) is 0. The monoisotopic (exact) mass is 480 g/mol. The Morgan fingerprint density at radius 3 is 2.56 bits per heavy atom. The largest absolute Gasteiger partial charge is 0.497 e. The van der Waals surface area contributed by atoms with E-state index in [0.717, 1.165) is 10.2 Å². The Hall–Kier alpha value is -0.0700. The molecule has 18 heavy (non-hydrogen) atoms. The van der Waals surface area contributed by atoms with E-state index in [4.69, 9.17) is 4.74 Å².